The summed E-state index contributed by atoms with van der Waals surface area (Å²) in [5.41, 5.74) is 1.74. The van der Waals surface area contributed by atoms with Crippen molar-refractivity contribution in [1.82, 2.24) is 0 Å². The molecule has 33 heavy (non-hydrogen) atoms. The van der Waals surface area contributed by atoms with Gasteiger partial charge in [0.15, 0.2) is 23.0 Å². The summed E-state index contributed by atoms with van der Waals surface area (Å²) < 4.78 is 53.0. The molecule has 182 valence electrons. The average Bonchev–Trinajstić information content (AvgIpc) is 3.28. The monoisotopic (exact) mass is 496 g/mol. The van der Waals surface area contributed by atoms with E-state index in [-0.39, 0.29) is 12.7 Å². The molecule has 0 N–H and O–H groups in total. The van der Waals surface area contributed by atoms with E-state index in [0.29, 0.717) is 28.7 Å². The zero-order chi connectivity index (χ0) is 24.4. The minimum absolute atomic E-state index is 0.166. The van der Waals surface area contributed by atoms with E-state index in [2.05, 4.69) is 19.6 Å². The number of hydrogen-bond donors (Lipinski definition) is 0. The number of rotatable bonds is 10. The Morgan fingerprint density at radius 2 is 1.39 bits per heavy atom. The quantitative estimate of drug-likeness (QED) is 0.324. The van der Waals surface area contributed by atoms with Crippen molar-refractivity contribution >= 4 is 15.7 Å². The number of benzene rings is 2. The fraction of sp³-hybridized carbons (Fsp3) is 0.478. The highest BCUT2D eigenvalue weighted by molar-refractivity contribution is 7.58. The van der Waals surface area contributed by atoms with E-state index in [9.17, 15) is 4.57 Å². The van der Waals surface area contributed by atoms with Crippen LogP contribution in [0.3, 0.4) is 0 Å². The van der Waals surface area contributed by atoms with Gasteiger partial charge in [0.25, 0.3) is 0 Å². The van der Waals surface area contributed by atoms with E-state index in [1.807, 2.05) is 30.3 Å². The molecule has 0 amide bonds. The Hall–Kier alpha value is -2.19. The molecule has 1 aliphatic rings. The molecule has 0 saturated heterocycles. The lowest BCUT2D eigenvalue weighted by Crippen LogP contribution is -2.43. The van der Waals surface area contributed by atoms with Crippen LogP contribution in [-0.2, 0) is 13.6 Å². The molecule has 2 aromatic carbocycles. The smallest absolute Gasteiger partial charge is 0.331 e. The summed E-state index contributed by atoms with van der Waals surface area (Å²) in [4.78, 5) is 0. The SMILES string of the molecule is COc1cc(C(c2ccc3c(c2)OCO3)C([Si](C)(C)C)P(=O)(OC)OC)cc(OC)c1OC. The molecular weight excluding hydrogens is 463 g/mol. The van der Waals surface area contributed by atoms with E-state index in [0.717, 1.165) is 11.1 Å². The standard InChI is InChI=1S/C23H33O8PSi/c1-25-19-12-16(13-20(26-2)22(19)27-3)21(15-9-10-17-18(11-15)31-14-30-17)23(33(6,7)8)32(24,28-4)29-5/h9-13,21,23H,14H2,1-8H3. The predicted octanol–water partition coefficient (Wildman–Crippen LogP) is 5.30. The van der Waals surface area contributed by atoms with Crippen LogP contribution < -0.4 is 23.7 Å². The second-order valence-electron chi connectivity index (χ2n) is 8.76. The Labute approximate surface area is 196 Å². The van der Waals surface area contributed by atoms with Crippen molar-refractivity contribution in [2.24, 2.45) is 0 Å². The first-order chi connectivity index (χ1) is 15.6. The number of methoxy groups -OCH3 is 3. The topological polar surface area (TPSA) is 81.7 Å². The lowest BCUT2D eigenvalue weighted by Gasteiger charge is -2.39. The van der Waals surface area contributed by atoms with Crippen molar-refractivity contribution in [2.45, 2.75) is 30.8 Å². The van der Waals surface area contributed by atoms with E-state index in [4.69, 9.17) is 32.7 Å². The lowest BCUT2D eigenvalue weighted by molar-refractivity contribution is 0.174. The summed E-state index contributed by atoms with van der Waals surface area (Å²) >= 11 is 0. The molecule has 0 radical (unpaired) electrons. The van der Waals surface area contributed by atoms with Gasteiger partial charge in [0.1, 0.15) is 0 Å². The van der Waals surface area contributed by atoms with E-state index in [1.54, 1.807) is 21.3 Å². The Balaban J connectivity index is 2.34. The van der Waals surface area contributed by atoms with Crippen LogP contribution in [0.15, 0.2) is 30.3 Å². The Kier molecular flexibility index (Phi) is 7.68. The van der Waals surface area contributed by atoms with Gasteiger partial charge in [-0.05, 0) is 35.4 Å². The van der Waals surface area contributed by atoms with Gasteiger partial charge >= 0.3 is 7.60 Å². The Bertz CT molecular complexity index is 1000. The van der Waals surface area contributed by atoms with Gasteiger partial charge in [-0.1, -0.05) is 25.7 Å². The van der Waals surface area contributed by atoms with Gasteiger partial charge in [0.05, 0.1) is 34.7 Å². The third-order valence-electron chi connectivity index (χ3n) is 5.85. The number of ether oxygens (including phenoxy) is 5. The minimum atomic E-state index is -3.51. The molecule has 8 nitrogen and oxygen atoms in total. The molecule has 10 heteroatoms. The van der Waals surface area contributed by atoms with Crippen LogP contribution in [-0.4, -0.2) is 55.7 Å². The number of hydrogen-bond acceptors (Lipinski definition) is 8. The largest absolute Gasteiger partial charge is 0.493 e. The van der Waals surface area contributed by atoms with Crippen LogP contribution in [0.2, 0.25) is 19.6 Å². The van der Waals surface area contributed by atoms with Gasteiger partial charge < -0.3 is 32.7 Å². The molecule has 0 aromatic heterocycles. The minimum Gasteiger partial charge on any atom is -0.493 e. The van der Waals surface area contributed by atoms with Crippen LogP contribution >= 0.6 is 7.60 Å². The van der Waals surface area contributed by atoms with Crippen molar-refractivity contribution in [3.05, 3.63) is 41.5 Å². The highest BCUT2D eigenvalue weighted by Crippen LogP contribution is 2.61. The molecule has 2 aromatic rings. The van der Waals surface area contributed by atoms with Crippen molar-refractivity contribution in [3.63, 3.8) is 0 Å². The highest BCUT2D eigenvalue weighted by Gasteiger charge is 2.49. The first kappa shape index (κ1) is 25.4. The van der Waals surface area contributed by atoms with Gasteiger partial charge in [0.2, 0.25) is 12.5 Å². The molecular formula is C23H33O8PSi. The Morgan fingerprint density at radius 3 is 1.88 bits per heavy atom. The maximum Gasteiger partial charge on any atom is 0.331 e. The zero-order valence-corrected chi connectivity index (χ0v) is 22.4. The summed E-state index contributed by atoms with van der Waals surface area (Å²) in [6.07, 6.45) is 0. The zero-order valence-electron chi connectivity index (χ0n) is 20.5. The molecule has 0 spiro atoms. The van der Waals surface area contributed by atoms with E-state index < -0.39 is 21.0 Å². The molecule has 3 rings (SSSR count). The molecule has 0 fully saturated rings. The summed E-state index contributed by atoms with van der Waals surface area (Å²) in [7, 11) is 1.87. The summed E-state index contributed by atoms with van der Waals surface area (Å²) in [5, 5.41) is -0.428. The maximum atomic E-state index is 14.0. The summed E-state index contributed by atoms with van der Waals surface area (Å²) in [6.45, 7) is 6.63. The predicted molar refractivity (Wildman–Crippen MR) is 129 cm³/mol. The van der Waals surface area contributed by atoms with Gasteiger partial charge in [0, 0.05) is 20.1 Å². The van der Waals surface area contributed by atoms with Crippen LogP contribution in [0.4, 0.5) is 0 Å². The van der Waals surface area contributed by atoms with Crippen molar-refractivity contribution in [2.75, 3.05) is 42.3 Å². The molecule has 2 atom stereocenters. The molecule has 0 bridgehead atoms. The fourth-order valence-corrected chi connectivity index (χ4v) is 11.5. The van der Waals surface area contributed by atoms with Crippen molar-refractivity contribution in [1.29, 1.82) is 0 Å². The second-order valence-corrected chi connectivity index (χ2v) is 17.0. The average molecular weight is 497 g/mol. The fourth-order valence-electron chi connectivity index (χ4n) is 4.40. The molecule has 0 aliphatic carbocycles. The molecule has 1 aliphatic heterocycles. The molecule has 2 unspecified atom stereocenters. The van der Waals surface area contributed by atoms with E-state index >= 15 is 0 Å². The van der Waals surface area contributed by atoms with Crippen molar-refractivity contribution in [3.8, 4) is 28.7 Å². The second kappa shape index (κ2) is 9.97. The van der Waals surface area contributed by atoms with Crippen LogP contribution in [0.5, 0.6) is 28.7 Å². The van der Waals surface area contributed by atoms with Crippen LogP contribution in [0, 0.1) is 0 Å². The third-order valence-corrected chi connectivity index (χ3v) is 13.2. The third kappa shape index (κ3) is 4.87. The van der Waals surface area contributed by atoms with Gasteiger partial charge in [-0.25, -0.2) is 0 Å². The first-order valence-electron chi connectivity index (χ1n) is 10.5. The normalized spacial score (nSPS) is 15.2. The maximum absolute atomic E-state index is 14.0. The Morgan fingerprint density at radius 1 is 0.818 bits per heavy atom. The van der Waals surface area contributed by atoms with E-state index in [1.165, 1.54) is 14.2 Å². The van der Waals surface area contributed by atoms with Gasteiger partial charge in [-0.2, -0.15) is 0 Å². The van der Waals surface area contributed by atoms with Crippen LogP contribution in [0.25, 0.3) is 0 Å². The summed E-state index contributed by atoms with van der Waals surface area (Å²) in [6, 6.07) is 9.54. The molecule has 1 heterocycles. The number of fused-ring (bicyclic) bond motifs is 1. The molecule has 0 saturated carbocycles. The lowest BCUT2D eigenvalue weighted by atomic mass is 9.91. The highest BCUT2D eigenvalue weighted by atomic mass is 31.2. The van der Waals surface area contributed by atoms with Crippen LogP contribution in [0.1, 0.15) is 17.0 Å². The first-order valence-corrected chi connectivity index (χ1v) is 15.7. The van der Waals surface area contributed by atoms with Gasteiger partial charge in [-0.3, -0.25) is 4.57 Å². The van der Waals surface area contributed by atoms with Gasteiger partial charge in [-0.15, -0.1) is 0 Å². The summed E-state index contributed by atoms with van der Waals surface area (Å²) in [5.74, 6) is 2.45. The van der Waals surface area contributed by atoms with Crippen molar-refractivity contribution < 1.29 is 37.3 Å².